The molecule has 4 rings (SSSR count). The number of aromatic nitrogens is 4. The van der Waals surface area contributed by atoms with Gasteiger partial charge in [-0.1, -0.05) is 5.16 Å². The zero-order valence-corrected chi connectivity index (χ0v) is 16.0. The lowest BCUT2D eigenvalue weighted by molar-refractivity contribution is -0.114. The van der Waals surface area contributed by atoms with E-state index in [0.29, 0.717) is 28.9 Å². The molecule has 0 saturated carbocycles. The van der Waals surface area contributed by atoms with Crippen LogP contribution in [0.3, 0.4) is 0 Å². The number of hydrogen-bond acceptors (Lipinski definition) is 6. The Bertz CT molecular complexity index is 1110. The second kappa shape index (κ2) is 7.97. The summed E-state index contributed by atoms with van der Waals surface area (Å²) < 4.78 is 13.0. The van der Waals surface area contributed by atoms with Gasteiger partial charge >= 0.3 is 0 Å². The third kappa shape index (κ3) is 4.32. The predicted octanol–water partition coefficient (Wildman–Crippen LogP) is 4.37. The van der Waals surface area contributed by atoms with Gasteiger partial charge in [-0.05, 0) is 61.5 Å². The Morgan fingerprint density at radius 3 is 2.38 bits per heavy atom. The number of nitrogens with one attached hydrogen (secondary N) is 1. The number of ether oxygens (including phenoxy) is 1. The zero-order chi connectivity index (χ0) is 20.2. The average Bonchev–Trinajstić information content (AvgIpc) is 3.39. The first-order chi connectivity index (χ1) is 14.1. The first-order valence-electron chi connectivity index (χ1n) is 9.14. The van der Waals surface area contributed by atoms with Gasteiger partial charge in [0, 0.05) is 30.9 Å². The number of amides is 1. The van der Waals surface area contributed by atoms with Gasteiger partial charge in [0.2, 0.25) is 11.7 Å². The molecule has 8 heteroatoms. The molecule has 0 aliphatic rings. The van der Waals surface area contributed by atoms with Crippen LogP contribution in [0.2, 0.25) is 0 Å². The number of aryl methyl sites for hydroxylation is 1. The Morgan fingerprint density at radius 1 is 1.07 bits per heavy atom. The van der Waals surface area contributed by atoms with E-state index in [4.69, 9.17) is 9.26 Å². The van der Waals surface area contributed by atoms with Gasteiger partial charge in [0.15, 0.2) is 5.69 Å². The fourth-order valence-corrected chi connectivity index (χ4v) is 2.71. The van der Waals surface area contributed by atoms with Crippen LogP contribution in [0, 0.1) is 0 Å². The summed E-state index contributed by atoms with van der Waals surface area (Å²) in [5.41, 5.74) is 2.17. The molecule has 2 heterocycles. The zero-order valence-electron chi connectivity index (χ0n) is 16.0. The molecule has 146 valence electrons. The van der Waals surface area contributed by atoms with Gasteiger partial charge in [-0.3, -0.25) is 9.48 Å². The van der Waals surface area contributed by atoms with E-state index in [0.717, 1.165) is 17.8 Å². The Hall–Kier alpha value is -3.94. The molecule has 4 aromatic rings. The Morgan fingerprint density at radius 2 is 1.76 bits per heavy atom. The van der Waals surface area contributed by atoms with Crippen LogP contribution >= 0.6 is 0 Å². The quantitative estimate of drug-likeness (QED) is 0.526. The van der Waals surface area contributed by atoms with E-state index >= 15 is 0 Å². The summed E-state index contributed by atoms with van der Waals surface area (Å²) in [5.74, 6) is 2.09. The summed E-state index contributed by atoms with van der Waals surface area (Å²) in [6.07, 6.45) is 1.87. The minimum absolute atomic E-state index is 0.113. The van der Waals surface area contributed by atoms with Crippen molar-refractivity contribution < 1.29 is 14.1 Å². The van der Waals surface area contributed by atoms with Crippen LogP contribution in [0.1, 0.15) is 13.8 Å². The molecule has 8 nitrogen and oxygen atoms in total. The summed E-state index contributed by atoms with van der Waals surface area (Å²) in [6.45, 7) is 4.26. The Kier molecular flexibility index (Phi) is 5.07. The largest absolute Gasteiger partial charge is 0.457 e. The van der Waals surface area contributed by atoms with Gasteiger partial charge in [-0.25, -0.2) is 0 Å². The van der Waals surface area contributed by atoms with E-state index in [-0.39, 0.29) is 5.91 Å². The molecule has 0 atom stereocenters. The van der Waals surface area contributed by atoms with Crippen molar-refractivity contribution in [3.8, 4) is 34.5 Å². The smallest absolute Gasteiger partial charge is 0.278 e. The van der Waals surface area contributed by atoms with Crippen molar-refractivity contribution in [2.75, 3.05) is 5.32 Å². The minimum atomic E-state index is -0.113. The van der Waals surface area contributed by atoms with Crippen LogP contribution in [-0.2, 0) is 11.3 Å². The molecule has 1 N–H and O–H groups in total. The van der Waals surface area contributed by atoms with Crippen LogP contribution < -0.4 is 10.1 Å². The van der Waals surface area contributed by atoms with Crippen LogP contribution in [-0.4, -0.2) is 25.8 Å². The lowest BCUT2D eigenvalue weighted by Gasteiger charge is -2.07. The maximum Gasteiger partial charge on any atom is 0.278 e. The molecule has 2 aromatic heterocycles. The van der Waals surface area contributed by atoms with Crippen molar-refractivity contribution >= 4 is 11.6 Å². The van der Waals surface area contributed by atoms with Crippen LogP contribution in [0.5, 0.6) is 11.5 Å². The van der Waals surface area contributed by atoms with Gasteiger partial charge in [0.1, 0.15) is 11.5 Å². The van der Waals surface area contributed by atoms with Gasteiger partial charge in [0.05, 0.1) is 0 Å². The predicted molar refractivity (Wildman–Crippen MR) is 107 cm³/mol. The van der Waals surface area contributed by atoms with Gasteiger partial charge < -0.3 is 14.6 Å². The molecule has 0 saturated heterocycles. The summed E-state index contributed by atoms with van der Waals surface area (Å²) in [5, 5.41) is 11.1. The molecule has 0 bridgehead atoms. The molecule has 29 heavy (non-hydrogen) atoms. The average molecular weight is 389 g/mol. The number of hydrogen-bond donors (Lipinski definition) is 1. The SMILES string of the molecule is CCn1ccc(-c2nc(-c3ccc(Oc4ccc(NC(C)=O)cc4)cc3)no2)n1. The van der Waals surface area contributed by atoms with Crippen molar-refractivity contribution in [2.24, 2.45) is 0 Å². The number of carbonyl (C=O) groups is 1. The molecule has 0 radical (unpaired) electrons. The van der Waals surface area contributed by atoms with Crippen molar-refractivity contribution in [1.29, 1.82) is 0 Å². The van der Waals surface area contributed by atoms with E-state index in [1.165, 1.54) is 6.92 Å². The molecule has 0 aliphatic heterocycles. The van der Waals surface area contributed by atoms with E-state index in [9.17, 15) is 4.79 Å². The summed E-state index contributed by atoms with van der Waals surface area (Å²) in [7, 11) is 0. The second-order valence-electron chi connectivity index (χ2n) is 6.31. The maximum atomic E-state index is 11.1. The third-order valence-corrected chi connectivity index (χ3v) is 4.13. The lowest BCUT2D eigenvalue weighted by Crippen LogP contribution is -2.05. The molecule has 0 aliphatic carbocycles. The van der Waals surface area contributed by atoms with Crippen molar-refractivity contribution in [3.63, 3.8) is 0 Å². The highest BCUT2D eigenvalue weighted by Gasteiger charge is 2.13. The monoisotopic (exact) mass is 389 g/mol. The number of nitrogens with zero attached hydrogens (tertiary/aromatic N) is 4. The number of benzene rings is 2. The molecule has 2 aromatic carbocycles. The number of carbonyl (C=O) groups excluding carboxylic acids is 1. The topological polar surface area (TPSA) is 95.1 Å². The van der Waals surface area contributed by atoms with Crippen LogP contribution in [0.25, 0.3) is 23.0 Å². The fraction of sp³-hybridized carbons (Fsp3) is 0.143. The summed E-state index contributed by atoms with van der Waals surface area (Å²) in [6, 6.07) is 16.4. The molecular formula is C21H19N5O3. The van der Waals surface area contributed by atoms with E-state index in [2.05, 4.69) is 20.6 Å². The van der Waals surface area contributed by atoms with Gasteiger partial charge in [0.25, 0.3) is 5.89 Å². The normalized spacial score (nSPS) is 10.7. The van der Waals surface area contributed by atoms with Crippen molar-refractivity contribution in [3.05, 3.63) is 60.8 Å². The molecular weight excluding hydrogens is 370 g/mol. The Labute approximate surface area is 167 Å². The minimum Gasteiger partial charge on any atom is -0.457 e. The fourth-order valence-electron chi connectivity index (χ4n) is 2.71. The first kappa shape index (κ1) is 18.4. The standard InChI is InChI=1S/C21H19N5O3/c1-3-26-13-12-19(24-26)21-23-20(25-29-21)15-4-8-17(9-5-15)28-18-10-6-16(7-11-18)22-14(2)27/h4-13H,3H2,1-2H3,(H,22,27). The lowest BCUT2D eigenvalue weighted by atomic mass is 10.2. The van der Waals surface area contributed by atoms with E-state index in [1.807, 2.05) is 43.5 Å². The molecule has 0 fully saturated rings. The van der Waals surface area contributed by atoms with Gasteiger partial charge in [-0.15, -0.1) is 0 Å². The van der Waals surface area contributed by atoms with Gasteiger partial charge in [-0.2, -0.15) is 10.1 Å². The molecule has 1 amide bonds. The summed E-state index contributed by atoms with van der Waals surface area (Å²) in [4.78, 5) is 15.5. The highest BCUT2D eigenvalue weighted by molar-refractivity contribution is 5.88. The first-order valence-corrected chi connectivity index (χ1v) is 9.14. The van der Waals surface area contributed by atoms with E-state index < -0.39 is 0 Å². The second-order valence-corrected chi connectivity index (χ2v) is 6.31. The molecule has 0 spiro atoms. The number of anilines is 1. The van der Waals surface area contributed by atoms with Crippen LogP contribution in [0.4, 0.5) is 5.69 Å². The maximum absolute atomic E-state index is 11.1. The Balaban J connectivity index is 1.44. The highest BCUT2D eigenvalue weighted by atomic mass is 16.5. The van der Waals surface area contributed by atoms with E-state index in [1.54, 1.807) is 28.9 Å². The summed E-state index contributed by atoms with van der Waals surface area (Å²) >= 11 is 0. The highest BCUT2D eigenvalue weighted by Crippen LogP contribution is 2.26. The van der Waals surface area contributed by atoms with Crippen molar-refractivity contribution in [1.82, 2.24) is 19.9 Å². The van der Waals surface area contributed by atoms with Crippen molar-refractivity contribution in [2.45, 2.75) is 20.4 Å². The number of rotatable bonds is 6. The third-order valence-electron chi connectivity index (χ3n) is 4.13. The van der Waals surface area contributed by atoms with Crippen LogP contribution in [0.15, 0.2) is 65.3 Å². The molecule has 0 unspecified atom stereocenters.